The molecule has 1 N–H and O–H groups in total. The zero-order valence-corrected chi connectivity index (χ0v) is 7.40. The van der Waals surface area contributed by atoms with Gasteiger partial charge in [-0.15, -0.1) is 0 Å². The molecule has 72 valence electrons. The Morgan fingerprint density at radius 2 is 2.38 bits per heavy atom. The SMILES string of the molecule is CCOC(=O)[C@H]1[C@H]2C(=O)C[C@@H](O)[C@@H]21. The first kappa shape index (κ1) is 8.69. The molecule has 0 heterocycles. The summed E-state index contributed by atoms with van der Waals surface area (Å²) in [7, 11) is 0. The highest BCUT2D eigenvalue weighted by molar-refractivity contribution is 5.95. The number of aliphatic hydroxyl groups is 1. The highest BCUT2D eigenvalue weighted by atomic mass is 16.5. The lowest BCUT2D eigenvalue weighted by Gasteiger charge is -2.06. The molecule has 2 rings (SSSR count). The van der Waals surface area contributed by atoms with Crippen LogP contribution in [0.5, 0.6) is 0 Å². The van der Waals surface area contributed by atoms with Crippen LogP contribution in [0.25, 0.3) is 0 Å². The van der Waals surface area contributed by atoms with Crippen molar-refractivity contribution in [2.45, 2.75) is 19.4 Å². The smallest absolute Gasteiger partial charge is 0.310 e. The number of aliphatic hydroxyl groups excluding tert-OH is 1. The number of hydrogen-bond acceptors (Lipinski definition) is 4. The fourth-order valence-electron chi connectivity index (χ4n) is 2.25. The molecule has 0 unspecified atom stereocenters. The Hall–Kier alpha value is -0.900. The third kappa shape index (κ3) is 1.16. The van der Waals surface area contributed by atoms with Crippen LogP contribution >= 0.6 is 0 Å². The fourth-order valence-corrected chi connectivity index (χ4v) is 2.25. The average molecular weight is 184 g/mol. The first-order valence-electron chi connectivity index (χ1n) is 4.54. The summed E-state index contributed by atoms with van der Waals surface area (Å²) in [6.07, 6.45) is -0.405. The molecule has 0 aromatic rings. The molecule has 4 heteroatoms. The van der Waals surface area contributed by atoms with Gasteiger partial charge in [0.1, 0.15) is 5.78 Å². The van der Waals surface area contributed by atoms with Crippen molar-refractivity contribution in [3.05, 3.63) is 0 Å². The maximum absolute atomic E-state index is 11.2. The monoisotopic (exact) mass is 184 g/mol. The summed E-state index contributed by atoms with van der Waals surface area (Å²) < 4.78 is 4.80. The predicted octanol–water partition coefficient (Wildman–Crippen LogP) is -0.255. The second-order valence-electron chi connectivity index (χ2n) is 3.62. The van der Waals surface area contributed by atoms with Crippen molar-refractivity contribution in [3.8, 4) is 0 Å². The molecular formula is C9H12O4. The minimum absolute atomic E-state index is 0.00977. The Morgan fingerprint density at radius 1 is 1.69 bits per heavy atom. The number of ether oxygens (including phenoxy) is 1. The van der Waals surface area contributed by atoms with Gasteiger partial charge in [0, 0.05) is 18.3 Å². The molecule has 0 aliphatic heterocycles. The molecule has 2 saturated carbocycles. The minimum atomic E-state index is -0.619. The van der Waals surface area contributed by atoms with E-state index < -0.39 is 6.10 Å². The van der Waals surface area contributed by atoms with E-state index in [0.717, 1.165) is 0 Å². The van der Waals surface area contributed by atoms with E-state index in [2.05, 4.69) is 0 Å². The third-order valence-electron chi connectivity index (χ3n) is 2.86. The van der Waals surface area contributed by atoms with Crippen molar-refractivity contribution in [1.82, 2.24) is 0 Å². The molecule has 2 aliphatic carbocycles. The minimum Gasteiger partial charge on any atom is -0.466 e. The van der Waals surface area contributed by atoms with Gasteiger partial charge in [-0.1, -0.05) is 0 Å². The number of Topliss-reactive ketones (excluding diaryl/α,β-unsaturated/α-hetero) is 1. The first-order chi connectivity index (χ1) is 6.16. The van der Waals surface area contributed by atoms with Crippen molar-refractivity contribution < 1.29 is 19.4 Å². The van der Waals surface area contributed by atoms with E-state index in [0.29, 0.717) is 6.61 Å². The summed E-state index contributed by atoms with van der Waals surface area (Å²) in [6.45, 7) is 2.06. The van der Waals surface area contributed by atoms with Crippen LogP contribution in [0.15, 0.2) is 0 Å². The maximum atomic E-state index is 11.2. The molecule has 0 radical (unpaired) electrons. The zero-order valence-electron chi connectivity index (χ0n) is 7.40. The lowest BCUT2D eigenvalue weighted by Crippen LogP contribution is -2.18. The van der Waals surface area contributed by atoms with Gasteiger partial charge in [-0.3, -0.25) is 9.59 Å². The standard InChI is InChI=1S/C9H12O4/c1-2-13-9(12)8-6-4(10)3-5(11)7(6)8/h4,6-8,10H,2-3H2,1H3/t4-,6+,7+,8-/m1/s1. The number of fused-ring (bicyclic) bond motifs is 1. The summed E-state index contributed by atoms with van der Waals surface area (Å²) in [5, 5.41) is 9.37. The van der Waals surface area contributed by atoms with E-state index in [1.807, 2.05) is 0 Å². The summed E-state index contributed by atoms with van der Waals surface area (Å²) in [4.78, 5) is 22.4. The van der Waals surface area contributed by atoms with Crippen LogP contribution in [0.1, 0.15) is 13.3 Å². The van der Waals surface area contributed by atoms with Crippen LogP contribution in [-0.4, -0.2) is 29.6 Å². The second kappa shape index (κ2) is 2.80. The first-order valence-corrected chi connectivity index (χ1v) is 4.54. The Balaban J connectivity index is 2.00. The van der Waals surface area contributed by atoms with Crippen LogP contribution in [0, 0.1) is 17.8 Å². The topological polar surface area (TPSA) is 63.6 Å². The number of carbonyl (C=O) groups excluding carboxylic acids is 2. The average Bonchev–Trinajstić information content (AvgIpc) is 2.72. The summed E-state index contributed by atoms with van der Waals surface area (Å²) in [6, 6.07) is 0. The van der Waals surface area contributed by atoms with E-state index >= 15 is 0 Å². The number of esters is 1. The maximum Gasteiger partial charge on any atom is 0.310 e. The van der Waals surface area contributed by atoms with Crippen LogP contribution in [0.3, 0.4) is 0 Å². The van der Waals surface area contributed by atoms with Crippen molar-refractivity contribution >= 4 is 11.8 Å². The van der Waals surface area contributed by atoms with E-state index in [1.165, 1.54) is 0 Å². The molecule has 0 saturated heterocycles. The van der Waals surface area contributed by atoms with Gasteiger partial charge in [0.25, 0.3) is 0 Å². The molecular weight excluding hydrogens is 172 g/mol. The van der Waals surface area contributed by atoms with Crippen LogP contribution in [-0.2, 0) is 14.3 Å². The Morgan fingerprint density at radius 3 is 2.85 bits per heavy atom. The molecule has 0 spiro atoms. The van der Waals surface area contributed by atoms with E-state index in [9.17, 15) is 14.7 Å². The number of hydrogen-bond donors (Lipinski definition) is 1. The fraction of sp³-hybridized carbons (Fsp3) is 0.778. The predicted molar refractivity (Wildman–Crippen MR) is 42.7 cm³/mol. The lowest BCUT2D eigenvalue weighted by atomic mass is 10.1. The third-order valence-corrected chi connectivity index (χ3v) is 2.86. The van der Waals surface area contributed by atoms with Crippen LogP contribution in [0.2, 0.25) is 0 Å². The normalized spacial score (nSPS) is 41.5. The van der Waals surface area contributed by atoms with E-state index in [4.69, 9.17) is 4.74 Å². The van der Waals surface area contributed by atoms with Crippen LogP contribution in [0.4, 0.5) is 0 Å². The van der Waals surface area contributed by atoms with Gasteiger partial charge in [-0.2, -0.15) is 0 Å². The van der Waals surface area contributed by atoms with Crippen molar-refractivity contribution in [2.24, 2.45) is 17.8 Å². The quantitative estimate of drug-likeness (QED) is 0.601. The molecule has 0 bridgehead atoms. The molecule has 13 heavy (non-hydrogen) atoms. The Labute approximate surface area is 75.9 Å². The molecule has 0 aromatic carbocycles. The highest BCUT2D eigenvalue weighted by Gasteiger charge is 2.66. The van der Waals surface area contributed by atoms with Crippen LogP contribution < -0.4 is 0 Å². The molecule has 2 fully saturated rings. The van der Waals surface area contributed by atoms with Gasteiger partial charge >= 0.3 is 5.97 Å². The largest absolute Gasteiger partial charge is 0.466 e. The number of ketones is 1. The van der Waals surface area contributed by atoms with Gasteiger partial charge in [-0.25, -0.2) is 0 Å². The zero-order chi connectivity index (χ0) is 9.59. The summed E-state index contributed by atoms with van der Waals surface area (Å²) >= 11 is 0. The van der Waals surface area contributed by atoms with Gasteiger partial charge in [0.05, 0.1) is 18.6 Å². The van der Waals surface area contributed by atoms with Gasteiger partial charge in [-0.05, 0) is 6.92 Å². The lowest BCUT2D eigenvalue weighted by molar-refractivity contribution is -0.147. The number of carbonyl (C=O) groups is 2. The molecule has 4 nitrogen and oxygen atoms in total. The summed E-state index contributed by atoms with van der Waals surface area (Å²) in [5.41, 5.74) is 0. The van der Waals surface area contributed by atoms with Gasteiger partial charge in [0.15, 0.2) is 0 Å². The highest BCUT2D eigenvalue weighted by Crippen LogP contribution is 2.55. The molecule has 0 amide bonds. The van der Waals surface area contributed by atoms with E-state index in [1.54, 1.807) is 6.92 Å². The van der Waals surface area contributed by atoms with E-state index in [-0.39, 0.29) is 35.9 Å². The molecule has 4 atom stereocenters. The molecule has 2 aliphatic rings. The summed E-state index contributed by atoms with van der Waals surface area (Å²) in [5.74, 6) is -1.06. The Kier molecular flexibility index (Phi) is 1.87. The van der Waals surface area contributed by atoms with Crippen molar-refractivity contribution in [2.75, 3.05) is 6.61 Å². The van der Waals surface area contributed by atoms with Crippen molar-refractivity contribution in [3.63, 3.8) is 0 Å². The van der Waals surface area contributed by atoms with Gasteiger partial charge < -0.3 is 9.84 Å². The number of rotatable bonds is 2. The second-order valence-corrected chi connectivity index (χ2v) is 3.62. The van der Waals surface area contributed by atoms with Crippen molar-refractivity contribution in [1.29, 1.82) is 0 Å². The Bertz CT molecular complexity index is 260. The van der Waals surface area contributed by atoms with Gasteiger partial charge in [0.2, 0.25) is 0 Å². The molecule has 0 aromatic heterocycles.